The summed E-state index contributed by atoms with van der Waals surface area (Å²) in [7, 11) is 0. The van der Waals surface area contributed by atoms with E-state index in [2.05, 4.69) is 88.4 Å². The van der Waals surface area contributed by atoms with E-state index in [1.54, 1.807) is 10.6 Å². The molecule has 35 heavy (non-hydrogen) atoms. The fraction of sp³-hybridized carbons (Fsp3) is 0.379. The molecule has 1 aliphatic carbocycles. The van der Waals surface area contributed by atoms with Gasteiger partial charge in [0.25, 0.3) is 0 Å². The molecule has 2 N–H and O–H groups in total. The van der Waals surface area contributed by atoms with E-state index < -0.39 is 0 Å². The summed E-state index contributed by atoms with van der Waals surface area (Å²) in [6.45, 7) is 5.02. The lowest BCUT2D eigenvalue weighted by atomic mass is 9.80. The van der Waals surface area contributed by atoms with Crippen LogP contribution in [0.3, 0.4) is 0 Å². The predicted octanol–water partition coefficient (Wildman–Crippen LogP) is 6.29. The molecule has 1 saturated heterocycles. The minimum absolute atomic E-state index is 0.0887. The molecular formula is C29H33BrN4O. The Bertz CT molecular complexity index is 1190. The molecule has 5 rings (SSSR count). The van der Waals surface area contributed by atoms with Gasteiger partial charge in [-0.1, -0.05) is 67.6 Å². The normalized spacial score (nSPS) is 17.9. The molecule has 1 aliphatic heterocycles. The Morgan fingerprint density at radius 1 is 1.03 bits per heavy atom. The summed E-state index contributed by atoms with van der Waals surface area (Å²) >= 11 is 3.20. The summed E-state index contributed by atoms with van der Waals surface area (Å²) in [5.41, 5.74) is 4.15. The lowest BCUT2D eigenvalue weighted by Gasteiger charge is -2.43. The molecule has 5 nitrogen and oxygen atoms in total. The highest BCUT2D eigenvalue weighted by Crippen LogP contribution is 2.44. The molecular weight excluding hydrogens is 500 g/mol. The van der Waals surface area contributed by atoms with Crippen molar-refractivity contribution in [1.82, 2.24) is 9.47 Å². The van der Waals surface area contributed by atoms with Gasteiger partial charge in [-0.05, 0) is 71.7 Å². The van der Waals surface area contributed by atoms with Crippen molar-refractivity contribution in [1.29, 1.82) is 10.8 Å². The average Bonchev–Trinajstić information content (AvgIpc) is 3.71. The van der Waals surface area contributed by atoms with Crippen molar-refractivity contribution in [2.24, 2.45) is 5.41 Å². The molecule has 0 radical (unpaired) electrons. The van der Waals surface area contributed by atoms with Gasteiger partial charge in [-0.25, -0.2) is 0 Å². The van der Waals surface area contributed by atoms with Crippen LogP contribution in [0.1, 0.15) is 61.3 Å². The first-order chi connectivity index (χ1) is 16.9. The Morgan fingerprint density at radius 2 is 1.60 bits per heavy atom. The van der Waals surface area contributed by atoms with Gasteiger partial charge in [0.2, 0.25) is 0 Å². The first kappa shape index (κ1) is 24.0. The molecule has 2 heterocycles. The number of hydrogen-bond donors (Lipinski definition) is 2. The van der Waals surface area contributed by atoms with Crippen LogP contribution < -0.4 is 10.2 Å². The second-order valence-corrected chi connectivity index (χ2v) is 11.0. The Labute approximate surface area is 215 Å². The Morgan fingerprint density at radius 3 is 2.11 bits per heavy atom. The molecule has 0 bridgehead atoms. The summed E-state index contributed by atoms with van der Waals surface area (Å²) in [5.74, 6) is 1.30. The van der Waals surface area contributed by atoms with Gasteiger partial charge in [-0.15, -0.1) is 0 Å². The summed E-state index contributed by atoms with van der Waals surface area (Å²) in [6, 6.07) is 23.7. The van der Waals surface area contributed by atoms with Crippen molar-refractivity contribution in [3.05, 3.63) is 95.1 Å². The minimum Gasteiger partial charge on any atom is -0.493 e. The molecule has 0 atom stereocenters. The second kappa shape index (κ2) is 10.1. The number of nitrogens with one attached hydrogen (secondary N) is 2. The minimum atomic E-state index is 0.0887. The first-order valence-corrected chi connectivity index (χ1v) is 13.3. The van der Waals surface area contributed by atoms with Crippen LogP contribution >= 0.6 is 15.9 Å². The topological polar surface area (TPSA) is 65.1 Å². The van der Waals surface area contributed by atoms with Gasteiger partial charge < -0.3 is 4.74 Å². The van der Waals surface area contributed by atoms with E-state index >= 15 is 0 Å². The molecule has 2 aromatic carbocycles. The zero-order valence-electron chi connectivity index (χ0n) is 20.2. The summed E-state index contributed by atoms with van der Waals surface area (Å²) in [4.78, 5) is 2.61. The van der Waals surface area contributed by atoms with E-state index in [9.17, 15) is 0 Å². The number of ether oxygens (including phenoxy) is 1. The van der Waals surface area contributed by atoms with Gasteiger partial charge in [0, 0.05) is 23.2 Å². The Balaban J connectivity index is 1.30. The van der Waals surface area contributed by atoms with E-state index in [1.165, 1.54) is 11.1 Å². The van der Waals surface area contributed by atoms with Crippen LogP contribution in [-0.2, 0) is 0 Å². The standard InChI is InChI=1S/C29H33BrN4O/c1-29(20-35-25-18-26(31)34(28(30)32)19-24(25)21-12-13-21)14-16-33(17-15-29)27(22-8-4-2-5-9-22)23-10-6-3-7-11-23/h2-11,18-19,21,27,31-32H,12-17,20H2,1H3. The highest BCUT2D eigenvalue weighted by atomic mass is 79.9. The lowest BCUT2D eigenvalue weighted by molar-refractivity contribution is 0.0551. The number of rotatable bonds is 7. The number of aromatic nitrogens is 1. The maximum atomic E-state index is 8.31. The third-order valence-electron chi connectivity index (χ3n) is 7.49. The Hall–Kier alpha value is -2.70. The largest absolute Gasteiger partial charge is 0.493 e. The second-order valence-electron chi connectivity index (χ2n) is 10.3. The zero-order valence-corrected chi connectivity index (χ0v) is 21.8. The number of likely N-dealkylation sites (tertiary alicyclic amines) is 1. The van der Waals surface area contributed by atoms with Crippen LogP contribution in [0, 0.1) is 16.2 Å². The number of hydrogen-bond acceptors (Lipinski definition) is 4. The summed E-state index contributed by atoms with van der Waals surface area (Å²) < 4.78 is 8.17. The van der Waals surface area contributed by atoms with Crippen LogP contribution in [-0.4, -0.2) is 33.9 Å². The van der Waals surface area contributed by atoms with E-state index in [1.807, 2.05) is 6.20 Å². The van der Waals surface area contributed by atoms with Crippen molar-refractivity contribution in [2.75, 3.05) is 19.7 Å². The van der Waals surface area contributed by atoms with Crippen molar-refractivity contribution >= 4 is 20.7 Å². The monoisotopic (exact) mass is 532 g/mol. The third kappa shape index (κ3) is 5.44. The quantitative estimate of drug-likeness (QED) is 0.277. The zero-order chi connectivity index (χ0) is 24.4. The van der Waals surface area contributed by atoms with Crippen molar-refractivity contribution in [2.45, 2.75) is 44.6 Å². The molecule has 2 aliphatic rings. The van der Waals surface area contributed by atoms with Gasteiger partial charge in [0.15, 0.2) is 4.74 Å². The smallest absolute Gasteiger partial charge is 0.175 e. The molecule has 0 spiro atoms. The molecule has 0 amide bonds. The van der Waals surface area contributed by atoms with Crippen molar-refractivity contribution < 1.29 is 4.74 Å². The van der Waals surface area contributed by atoms with Crippen molar-refractivity contribution in [3.63, 3.8) is 0 Å². The molecule has 6 heteroatoms. The van der Waals surface area contributed by atoms with Crippen LogP contribution in [0.5, 0.6) is 5.75 Å². The number of piperidine rings is 1. The fourth-order valence-corrected chi connectivity index (χ4v) is 5.43. The van der Waals surface area contributed by atoms with Gasteiger partial charge in [0.05, 0.1) is 12.6 Å². The number of nitrogens with zero attached hydrogens (tertiary/aromatic N) is 2. The molecule has 1 aromatic heterocycles. The van der Waals surface area contributed by atoms with E-state index in [-0.39, 0.29) is 21.7 Å². The highest BCUT2D eigenvalue weighted by Gasteiger charge is 2.35. The molecule has 182 valence electrons. The number of halogens is 1. The summed E-state index contributed by atoms with van der Waals surface area (Å²) in [6.07, 6.45) is 6.33. The van der Waals surface area contributed by atoms with Crippen LogP contribution in [0.25, 0.3) is 0 Å². The first-order valence-electron chi connectivity index (χ1n) is 12.5. The third-order valence-corrected chi connectivity index (χ3v) is 7.87. The SMILES string of the molecule is CC1(COc2cc(=N)n(C(=N)Br)cc2C2CC2)CCN(C(c2ccccc2)c2ccccc2)CC1. The van der Waals surface area contributed by atoms with Gasteiger partial charge in [-0.2, -0.15) is 0 Å². The lowest BCUT2D eigenvalue weighted by Crippen LogP contribution is -2.43. The number of pyridine rings is 1. The van der Waals surface area contributed by atoms with Crippen LogP contribution in [0.2, 0.25) is 0 Å². The maximum Gasteiger partial charge on any atom is 0.175 e. The number of benzene rings is 2. The maximum absolute atomic E-state index is 8.31. The van der Waals surface area contributed by atoms with E-state index in [0.29, 0.717) is 12.5 Å². The van der Waals surface area contributed by atoms with Gasteiger partial charge >= 0.3 is 0 Å². The fourth-order valence-electron chi connectivity index (χ4n) is 5.14. The summed E-state index contributed by atoms with van der Waals surface area (Å²) in [5, 5.41) is 16.2. The highest BCUT2D eigenvalue weighted by molar-refractivity contribution is 9.18. The van der Waals surface area contributed by atoms with Gasteiger partial charge in [-0.3, -0.25) is 20.3 Å². The van der Waals surface area contributed by atoms with E-state index in [0.717, 1.165) is 50.1 Å². The molecule has 2 fully saturated rings. The Kier molecular flexibility index (Phi) is 6.94. The van der Waals surface area contributed by atoms with Crippen LogP contribution in [0.15, 0.2) is 72.9 Å². The van der Waals surface area contributed by atoms with Crippen LogP contribution in [0.4, 0.5) is 0 Å². The molecule has 3 aromatic rings. The predicted molar refractivity (Wildman–Crippen MR) is 143 cm³/mol. The molecule has 0 unspecified atom stereocenters. The average molecular weight is 534 g/mol. The molecule has 1 saturated carbocycles. The van der Waals surface area contributed by atoms with Gasteiger partial charge in [0.1, 0.15) is 11.2 Å². The van der Waals surface area contributed by atoms with E-state index in [4.69, 9.17) is 15.6 Å². The van der Waals surface area contributed by atoms with Crippen molar-refractivity contribution in [3.8, 4) is 5.75 Å².